The molecule has 1 aromatic rings. The summed E-state index contributed by atoms with van der Waals surface area (Å²) in [6.07, 6.45) is 0.651. The lowest BCUT2D eigenvalue weighted by molar-refractivity contribution is 0.317. The summed E-state index contributed by atoms with van der Waals surface area (Å²) in [5.74, 6) is 0. The first kappa shape index (κ1) is 12.7. The molecule has 0 aromatic heterocycles. The van der Waals surface area contributed by atoms with Crippen LogP contribution >= 0.6 is 0 Å². The van der Waals surface area contributed by atoms with Crippen molar-refractivity contribution in [3.05, 3.63) is 35.9 Å². The molecule has 2 N–H and O–H groups in total. The third-order valence-electron chi connectivity index (χ3n) is 2.92. The van der Waals surface area contributed by atoms with Crippen molar-refractivity contribution in [2.45, 2.75) is 18.9 Å². The van der Waals surface area contributed by atoms with Gasteiger partial charge in [-0.2, -0.15) is 5.26 Å². The topological polar surface area (TPSA) is 53.0 Å². The Bertz CT molecular complexity index is 355. The van der Waals surface area contributed by atoms with E-state index in [4.69, 9.17) is 5.73 Å². The van der Waals surface area contributed by atoms with Gasteiger partial charge in [0.05, 0.1) is 6.07 Å². The minimum Gasteiger partial charge on any atom is -0.310 e. The van der Waals surface area contributed by atoms with Crippen molar-refractivity contribution < 1.29 is 0 Å². The van der Waals surface area contributed by atoms with E-state index in [-0.39, 0.29) is 0 Å². The zero-order valence-electron chi connectivity index (χ0n) is 9.98. The Morgan fingerprint density at radius 3 is 2.50 bits per heavy atom. The molecule has 0 spiro atoms. The second-order valence-electron chi connectivity index (χ2n) is 4.10. The number of nitrogens with zero attached hydrogens (tertiary/aromatic N) is 2. The van der Waals surface area contributed by atoms with E-state index >= 15 is 0 Å². The summed E-state index contributed by atoms with van der Waals surface area (Å²) in [4.78, 5) is 2.15. The molecule has 16 heavy (non-hydrogen) atoms. The Kier molecular flexibility index (Phi) is 4.48. The van der Waals surface area contributed by atoms with Crippen LogP contribution in [0.2, 0.25) is 0 Å². The fourth-order valence-electron chi connectivity index (χ4n) is 1.53. The van der Waals surface area contributed by atoms with E-state index in [1.54, 1.807) is 0 Å². The van der Waals surface area contributed by atoms with Crippen molar-refractivity contribution in [2.75, 3.05) is 20.1 Å². The summed E-state index contributed by atoms with van der Waals surface area (Å²) >= 11 is 0. The lowest BCUT2D eigenvalue weighted by Crippen LogP contribution is -2.38. The van der Waals surface area contributed by atoms with Crippen LogP contribution in [0.15, 0.2) is 30.3 Å². The van der Waals surface area contributed by atoms with Crippen molar-refractivity contribution in [3.63, 3.8) is 0 Å². The Balaban J connectivity index is 2.76. The highest BCUT2D eigenvalue weighted by Gasteiger charge is 2.26. The SMILES string of the molecule is CCN(C)CCC(N)(C#N)c1ccccc1. The van der Waals surface area contributed by atoms with E-state index in [2.05, 4.69) is 17.9 Å². The van der Waals surface area contributed by atoms with Crippen LogP contribution in [0.5, 0.6) is 0 Å². The van der Waals surface area contributed by atoms with Gasteiger partial charge in [0.1, 0.15) is 5.54 Å². The number of benzene rings is 1. The highest BCUT2D eigenvalue weighted by atomic mass is 15.1. The standard InChI is InChI=1S/C13H19N3/c1-3-16(2)10-9-13(15,11-14)12-7-5-4-6-8-12/h4-8H,3,9-10,15H2,1-2H3. The molecular weight excluding hydrogens is 198 g/mol. The van der Waals surface area contributed by atoms with Gasteiger partial charge in [0.15, 0.2) is 0 Å². The second-order valence-corrected chi connectivity index (χ2v) is 4.10. The molecular formula is C13H19N3. The Hall–Kier alpha value is -1.37. The molecule has 0 aliphatic rings. The average molecular weight is 217 g/mol. The molecule has 0 aliphatic carbocycles. The maximum Gasteiger partial charge on any atom is 0.131 e. The van der Waals surface area contributed by atoms with Crippen molar-refractivity contribution in [1.82, 2.24) is 4.90 Å². The minimum atomic E-state index is -0.870. The minimum absolute atomic E-state index is 0.651. The maximum atomic E-state index is 9.23. The molecule has 1 atom stereocenters. The highest BCUT2D eigenvalue weighted by molar-refractivity contribution is 5.30. The molecule has 0 aliphatic heterocycles. The third kappa shape index (κ3) is 3.06. The molecule has 0 saturated carbocycles. The van der Waals surface area contributed by atoms with Crippen LogP contribution in [-0.2, 0) is 5.54 Å². The van der Waals surface area contributed by atoms with Gasteiger partial charge in [-0.15, -0.1) is 0 Å². The van der Waals surface area contributed by atoms with E-state index < -0.39 is 5.54 Å². The lowest BCUT2D eigenvalue weighted by Gasteiger charge is -2.24. The van der Waals surface area contributed by atoms with Crippen LogP contribution in [0.3, 0.4) is 0 Å². The van der Waals surface area contributed by atoms with Crippen LogP contribution in [0.25, 0.3) is 0 Å². The number of rotatable bonds is 5. The first-order valence-electron chi connectivity index (χ1n) is 5.56. The van der Waals surface area contributed by atoms with Gasteiger partial charge in [-0.3, -0.25) is 0 Å². The van der Waals surface area contributed by atoms with Crippen LogP contribution < -0.4 is 5.73 Å². The van der Waals surface area contributed by atoms with Gasteiger partial charge in [-0.1, -0.05) is 37.3 Å². The molecule has 0 amide bonds. The summed E-state index contributed by atoms with van der Waals surface area (Å²) < 4.78 is 0. The van der Waals surface area contributed by atoms with Gasteiger partial charge in [-0.25, -0.2) is 0 Å². The molecule has 1 aromatic carbocycles. The average Bonchev–Trinajstić information content (AvgIpc) is 2.36. The predicted molar refractivity (Wildman–Crippen MR) is 65.7 cm³/mol. The van der Waals surface area contributed by atoms with Gasteiger partial charge in [0.2, 0.25) is 0 Å². The monoisotopic (exact) mass is 217 g/mol. The molecule has 3 nitrogen and oxygen atoms in total. The molecule has 1 unspecified atom stereocenters. The van der Waals surface area contributed by atoms with Gasteiger partial charge in [-0.05, 0) is 25.6 Å². The largest absolute Gasteiger partial charge is 0.310 e. The fourth-order valence-corrected chi connectivity index (χ4v) is 1.53. The van der Waals surface area contributed by atoms with Crippen LogP contribution in [0.1, 0.15) is 18.9 Å². The van der Waals surface area contributed by atoms with Crippen LogP contribution in [-0.4, -0.2) is 25.0 Å². The smallest absolute Gasteiger partial charge is 0.131 e. The molecule has 86 valence electrons. The van der Waals surface area contributed by atoms with Gasteiger partial charge < -0.3 is 10.6 Å². The van der Waals surface area contributed by atoms with Crippen molar-refractivity contribution >= 4 is 0 Å². The van der Waals surface area contributed by atoms with E-state index in [0.717, 1.165) is 18.7 Å². The fraction of sp³-hybridized carbons (Fsp3) is 0.462. The summed E-state index contributed by atoms with van der Waals surface area (Å²) in [6, 6.07) is 11.8. The summed E-state index contributed by atoms with van der Waals surface area (Å²) in [5.41, 5.74) is 6.15. The Morgan fingerprint density at radius 1 is 1.38 bits per heavy atom. The molecule has 0 heterocycles. The molecule has 1 rings (SSSR count). The number of nitriles is 1. The predicted octanol–water partition coefficient (Wildman–Crippen LogP) is 1.71. The maximum absolute atomic E-state index is 9.23. The normalized spacial score (nSPS) is 14.4. The molecule has 0 saturated heterocycles. The van der Waals surface area contributed by atoms with Gasteiger partial charge in [0, 0.05) is 6.54 Å². The van der Waals surface area contributed by atoms with Gasteiger partial charge >= 0.3 is 0 Å². The first-order valence-corrected chi connectivity index (χ1v) is 5.56. The second kappa shape index (κ2) is 5.64. The molecule has 0 radical (unpaired) electrons. The van der Waals surface area contributed by atoms with Crippen molar-refractivity contribution in [1.29, 1.82) is 5.26 Å². The molecule has 0 bridgehead atoms. The number of hydrogen-bond donors (Lipinski definition) is 1. The first-order chi connectivity index (χ1) is 7.62. The van der Waals surface area contributed by atoms with E-state index in [0.29, 0.717) is 6.42 Å². The summed E-state index contributed by atoms with van der Waals surface area (Å²) in [5, 5.41) is 9.23. The Labute approximate surface area is 97.5 Å². The zero-order valence-corrected chi connectivity index (χ0v) is 9.98. The third-order valence-corrected chi connectivity index (χ3v) is 2.92. The van der Waals surface area contributed by atoms with Gasteiger partial charge in [0.25, 0.3) is 0 Å². The summed E-state index contributed by atoms with van der Waals surface area (Å²) in [6.45, 7) is 3.89. The number of hydrogen-bond acceptors (Lipinski definition) is 3. The van der Waals surface area contributed by atoms with Crippen LogP contribution in [0, 0.1) is 11.3 Å². The molecule has 3 heteroatoms. The van der Waals surface area contributed by atoms with E-state index in [1.807, 2.05) is 37.4 Å². The summed E-state index contributed by atoms with van der Waals surface area (Å²) in [7, 11) is 2.03. The van der Waals surface area contributed by atoms with E-state index in [9.17, 15) is 5.26 Å². The van der Waals surface area contributed by atoms with Crippen LogP contribution in [0.4, 0.5) is 0 Å². The Morgan fingerprint density at radius 2 is 2.00 bits per heavy atom. The van der Waals surface area contributed by atoms with E-state index in [1.165, 1.54) is 0 Å². The van der Waals surface area contributed by atoms with Crippen molar-refractivity contribution in [3.8, 4) is 6.07 Å². The highest BCUT2D eigenvalue weighted by Crippen LogP contribution is 2.21. The molecule has 0 fully saturated rings. The lowest BCUT2D eigenvalue weighted by atomic mass is 9.89. The zero-order chi connectivity index (χ0) is 12.0. The number of nitrogens with two attached hydrogens (primary N) is 1. The van der Waals surface area contributed by atoms with Crippen molar-refractivity contribution in [2.24, 2.45) is 5.73 Å². The quantitative estimate of drug-likeness (QED) is 0.816.